The molecule has 0 amide bonds. The van der Waals surface area contributed by atoms with Crippen molar-refractivity contribution < 1.29 is 9.84 Å². The molecule has 2 unspecified atom stereocenters. The third-order valence-electron chi connectivity index (χ3n) is 4.64. The molecule has 1 aromatic carbocycles. The van der Waals surface area contributed by atoms with Crippen LogP contribution in [0.5, 0.6) is 5.75 Å². The van der Waals surface area contributed by atoms with Gasteiger partial charge in [0.2, 0.25) is 0 Å². The summed E-state index contributed by atoms with van der Waals surface area (Å²) in [4.78, 5) is 2.53. The third-order valence-corrected chi connectivity index (χ3v) is 4.64. The molecule has 0 radical (unpaired) electrons. The van der Waals surface area contributed by atoms with Crippen molar-refractivity contribution in [2.24, 2.45) is 0 Å². The summed E-state index contributed by atoms with van der Waals surface area (Å²) < 4.78 is 5.90. The first kappa shape index (κ1) is 13.9. The maximum Gasteiger partial charge on any atom is 0.125 e. The predicted molar refractivity (Wildman–Crippen MR) is 79.9 cm³/mol. The van der Waals surface area contributed by atoms with E-state index in [4.69, 9.17) is 4.74 Å². The molecule has 3 nitrogen and oxygen atoms in total. The number of para-hydroxylation sites is 1. The van der Waals surface area contributed by atoms with Crippen LogP contribution in [-0.2, 0) is 5.60 Å². The maximum atomic E-state index is 11.2. The number of hydrogen-bond donors (Lipinski definition) is 1. The highest BCUT2D eigenvalue weighted by Gasteiger charge is 2.42. The standard InChI is InChI=1S/C17H25NO2/c1-13(2)20-16-8-4-3-7-15(16)17(19)9-11-18-10-5-6-14(18)12-17/h3-4,7-8,13-14,19H,5-6,9-12H2,1-2H3. The van der Waals surface area contributed by atoms with E-state index < -0.39 is 5.60 Å². The molecular formula is C17H25NO2. The van der Waals surface area contributed by atoms with Gasteiger partial charge in [-0.05, 0) is 52.1 Å². The smallest absolute Gasteiger partial charge is 0.125 e. The second-order valence-corrected chi connectivity index (χ2v) is 6.48. The third kappa shape index (κ3) is 2.57. The first-order valence-corrected chi connectivity index (χ1v) is 7.81. The fraction of sp³-hybridized carbons (Fsp3) is 0.647. The van der Waals surface area contributed by atoms with Gasteiger partial charge in [0.05, 0.1) is 11.7 Å². The van der Waals surface area contributed by atoms with Gasteiger partial charge in [-0.25, -0.2) is 0 Å². The minimum atomic E-state index is -0.725. The predicted octanol–water partition coefficient (Wildman–Crippen LogP) is 2.92. The van der Waals surface area contributed by atoms with Gasteiger partial charge in [-0.3, -0.25) is 0 Å². The van der Waals surface area contributed by atoms with Gasteiger partial charge >= 0.3 is 0 Å². The Bertz CT molecular complexity index is 474. The largest absolute Gasteiger partial charge is 0.491 e. The highest BCUT2D eigenvalue weighted by molar-refractivity contribution is 5.38. The number of piperidine rings is 1. The molecule has 2 heterocycles. The molecule has 3 heteroatoms. The SMILES string of the molecule is CC(C)Oc1ccccc1C1(O)CCN2CCCC2C1. The van der Waals surface area contributed by atoms with Crippen molar-refractivity contribution in [2.75, 3.05) is 13.1 Å². The Hall–Kier alpha value is -1.06. The second-order valence-electron chi connectivity index (χ2n) is 6.48. The minimum Gasteiger partial charge on any atom is -0.491 e. The molecule has 0 aromatic heterocycles. The number of hydrogen-bond acceptors (Lipinski definition) is 3. The van der Waals surface area contributed by atoms with Crippen molar-refractivity contribution in [3.05, 3.63) is 29.8 Å². The second kappa shape index (κ2) is 5.38. The van der Waals surface area contributed by atoms with Gasteiger partial charge in [0, 0.05) is 18.2 Å². The van der Waals surface area contributed by atoms with Crippen molar-refractivity contribution in [1.29, 1.82) is 0 Å². The molecule has 0 bridgehead atoms. The Labute approximate surface area is 121 Å². The summed E-state index contributed by atoms with van der Waals surface area (Å²) in [5, 5.41) is 11.2. The molecule has 2 aliphatic heterocycles. The molecule has 2 fully saturated rings. The molecule has 1 N–H and O–H groups in total. The van der Waals surface area contributed by atoms with Gasteiger partial charge in [0.1, 0.15) is 5.75 Å². The lowest BCUT2D eigenvalue weighted by Crippen LogP contribution is -2.46. The van der Waals surface area contributed by atoms with Crippen molar-refractivity contribution >= 4 is 0 Å². The number of aliphatic hydroxyl groups is 1. The molecule has 20 heavy (non-hydrogen) atoms. The van der Waals surface area contributed by atoms with E-state index in [9.17, 15) is 5.11 Å². The van der Waals surface area contributed by atoms with Crippen molar-refractivity contribution in [3.8, 4) is 5.75 Å². The molecule has 2 saturated heterocycles. The van der Waals surface area contributed by atoms with Crippen LogP contribution in [0, 0.1) is 0 Å². The maximum absolute atomic E-state index is 11.2. The quantitative estimate of drug-likeness (QED) is 0.920. The van der Waals surface area contributed by atoms with Crippen LogP contribution >= 0.6 is 0 Å². The molecule has 2 aliphatic rings. The van der Waals surface area contributed by atoms with Gasteiger partial charge in [0.25, 0.3) is 0 Å². The van der Waals surface area contributed by atoms with Gasteiger partial charge in [0.15, 0.2) is 0 Å². The topological polar surface area (TPSA) is 32.7 Å². The fourth-order valence-electron chi connectivity index (χ4n) is 3.69. The first-order chi connectivity index (χ1) is 9.58. The zero-order valence-electron chi connectivity index (χ0n) is 12.5. The van der Waals surface area contributed by atoms with Crippen LogP contribution in [0.2, 0.25) is 0 Å². The summed E-state index contributed by atoms with van der Waals surface area (Å²) in [7, 11) is 0. The summed E-state index contributed by atoms with van der Waals surface area (Å²) in [6.45, 7) is 6.25. The van der Waals surface area contributed by atoms with E-state index in [2.05, 4.69) is 4.90 Å². The Balaban J connectivity index is 1.87. The van der Waals surface area contributed by atoms with Crippen molar-refractivity contribution in [3.63, 3.8) is 0 Å². The Kier molecular flexibility index (Phi) is 3.74. The van der Waals surface area contributed by atoms with Gasteiger partial charge in [-0.1, -0.05) is 18.2 Å². The normalized spacial score (nSPS) is 30.5. The molecular weight excluding hydrogens is 250 g/mol. The lowest BCUT2D eigenvalue weighted by atomic mass is 9.80. The molecule has 0 spiro atoms. The monoisotopic (exact) mass is 275 g/mol. The molecule has 0 aliphatic carbocycles. The van der Waals surface area contributed by atoms with Crippen LogP contribution in [-0.4, -0.2) is 35.2 Å². The van der Waals surface area contributed by atoms with Gasteiger partial charge in [-0.2, -0.15) is 0 Å². The molecule has 110 valence electrons. The fourth-order valence-corrected chi connectivity index (χ4v) is 3.69. The number of ether oxygens (including phenoxy) is 1. The van der Waals surface area contributed by atoms with Crippen LogP contribution in [0.4, 0.5) is 0 Å². The van der Waals surface area contributed by atoms with E-state index >= 15 is 0 Å². The summed E-state index contributed by atoms with van der Waals surface area (Å²) in [5.41, 5.74) is 0.247. The Morgan fingerprint density at radius 2 is 2.10 bits per heavy atom. The average Bonchev–Trinajstić information content (AvgIpc) is 2.85. The number of rotatable bonds is 3. The first-order valence-electron chi connectivity index (χ1n) is 7.81. The molecule has 0 saturated carbocycles. The van der Waals surface area contributed by atoms with Gasteiger partial charge in [-0.15, -0.1) is 0 Å². The number of nitrogens with zero attached hydrogens (tertiary/aromatic N) is 1. The van der Waals surface area contributed by atoms with Crippen LogP contribution in [0.1, 0.15) is 45.1 Å². The number of benzene rings is 1. The molecule has 3 rings (SSSR count). The van der Waals surface area contributed by atoms with Crippen LogP contribution in [0.25, 0.3) is 0 Å². The van der Waals surface area contributed by atoms with Gasteiger partial charge < -0.3 is 14.7 Å². The van der Waals surface area contributed by atoms with Crippen LogP contribution < -0.4 is 4.74 Å². The Morgan fingerprint density at radius 1 is 1.30 bits per heavy atom. The summed E-state index contributed by atoms with van der Waals surface area (Å²) in [5.74, 6) is 0.844. The lowest BCUT2D eigenvalue weighted by Gasteiger charge is -2.41. The van der Waals surface area contributed by atoms with E-state index in [1.54, 1.807) is 0 Å². The molecule has 2 atom stereocenters. The van der Waals surface area contributed by atoms with E-state index in [1.807, 2.05) is 38.1 Å². The van der Waals surface area contributed by atoms with Crippen LogP contribution in [0.3, 0.4) is 0 Å². The van der Waals surface area contributed by atoms with E-state index in [0.29, 0.717) is 6.04 Å². The van der Waals surface area contributed by atoms with Crippen LogP contribution in [0.15, 0.2) is 24.3 Å². The average molecular weight is 275 g/mol. The van der Waals surface area contributed by atoms with E-state index in [0.717, 1.165) is 30.7 Å². The van der Waals surface area contributed by atoms with Crippen molar-refractivity contribution in [1.82, 2.24) is 4.90 Å². The highest BCUT2D eigenvalue weighted by atomic mass is 16.5. The molecule has 1 aromatic rings. The zero-order valence-corrected chi connectivity index (χ0v) is 12.5. The lowest BCUT2D eigenvalue weighted by molar-refractivity contribution is -0.0429. The van der Waals surface area contributed by atoms with E-state index in [-0.39, 0.29) is 6.10 Å². The highest BCUT2D eigenvalue weighted by Crippen LogP contribution is 2.42. The summed E-state index contributed by atoms with van der Waals surface area (Å²) in [6, 6.07) is 8.54. The summed E-state index contributed by atoms with van der Waals surface area (Å²) >= 11 is 0. The van der Waals surface area contributed by atoms with Crippen molar-refractivity contribution in [2.45, 2.75) is 57.3 Å². The zero-order chi connectivity index (χ0) is 14.2. The number of fused-ring (bicyclic) bond motifs is 1. The minimum absolute atomic E-state index is 0.131. The Morgan fingerprint density at radius 3 is 2.90 bits per heavy atom. The summed E-state index contributed by atoms with van der Waals surface area (Å²) in [6.07, 6.45) is 4.26. The van der Waals surface area contributed by atoms with E-state index in [1.165, 1.54) is 19.4 Å².